The van der Waals surface area contributed by atoms with Gasteiger partial charge in [0, 0.05) is 6.04 Å². The van der Waals surface area contributed by atoms with Crippen LogP contribution in [0.5, 0.6) is 5.75 Å². The van der Waals surface area contributed by atoms with Crippen molar-refractivity contribution in [2.45, 2.75) is 19.5 Å². The molecule has 1 atom stereocenters. The second-order valence-corrected chi connectivity index (χ2v) is 7.76. The number of aromatic nitrogens is 2. The molecule has 5 nitrogen and oxygen atoms in total. The van der Waals surface area contributed by atoms with Crippen molar-refractivity contribution in [1.82, 2.24) is 15.0 Å². The molecular weight excluding hydrogens is 378 g/mol. The highest BCUT2D eigenvalue weighted by atomic mass is 79.9. The standard InChI is InChI=1S/C16H16BrN3O2S/c1-10(11-4-3-5-12(21)8-11)20(2)9-15-18-16(19-22-15)13-6-7-14(17)23-13/h3-8,10,21H,9H2,1-2H3/t10-/m1/s1. The summed E-state index contributed by atoms with van der Waals surface area (Å²) in [5, 5.41) is 13.6. The van der Waals surface area contributed by atoms with E-state index in [1.807, 2.05) is 31.3 Å². The molecule has 0 aliphatic carbocycles. The first-order chi connectivity index (χ1) is 11.0. The third kappa shape index (κ3) is 3.80. The predicted molar refractivity (Wildman–Crippen MR) is 93.3 cm³/mol. The molecule has 0 unspecified atom stereocenters. The third-order valence-electron chi connectivity index (χ3n) is 3.66. The fraction of sp³-hybridized carbons (Fsp3) is 0.250. The van der Waals surface area contributed by atoms with Gasteiger partial charge in [-0.05, 0) is 59.7 Å². The Kier molecular flexibility index (Phi) is 4.79. The van der Waals surface area contributed by atoms with E-state index in [-0.39, 0.29) is 11.8 Å². The van der Waals surface area contributed by atoms with Gasteiger partial charge in [-0.2, -0.15) is 4.98 Å². The van der Waals surface area contributed by atoms with Crippen molar-refractivity contribution in [2.24, 2.45) is 0 Å². The van der Waals surface area contributed by atoms with Crippen LogP contribution in [0.1, 0.15) is 24.4 Å². The van der Waals surface area contributed by atoms with E-state index in [1.54, 1.807) is 23.5 Å². The number of hydrogen-bond donors (Lipinski definition) is 1. The minimum Gasteiger partial charge on any atom is -0.508 e. The summed E-state index contributed by atoms with van der Waals surface area (Å²) in [7, 11) is 1.99. The Morgan fingerprint density at radius 2 is 2.17 bits per heavy atom. The molecule has 120 valence electrons. The van der Waals surface area contributed by atoms with E-state index in [1.165, 1.54) is 0 Å². The van der Waals surface area contributed by atoms with Crippen molar-refractivity contribution >= 4 is 27.3 Å². The van der Waals surface area contributed by atoms with Crippen molar-refractivity contribution in [3.8, 4) is 16.5 Å². The van der Waals surface area contributed by atoms with Crippen LogP contribution >= 0.6 is 27.3 Å². The molecule has 0 spiro atoms. The van der Waals surface area contributed by atoms with Gasteiger partial charge < -0.3 is 9.63 Å². The Balaban J connectivity index is 1.70. The highest BCUT2D eigenvalue weighted by molar-refractivity contribution is 9.11. The van der Waals surface area contributed by atoms with Gasteiger partial charge in [-0.1, -0.05) is 17.3 Å². The number of aromatic hydroxyl groups is 1. The molecule has 3 aromatic rings. The molecule has 0 aliphatic heterocycles. The second kappa shape index (κ2) is 6.82. The number of hydrogen-bond acceptors (Lipinski definition) is 6. The zero-order valence-electron chi connectivity index (χ0n) is 12.7. The van der Waals surface area contributed by atoms with E-state index in [0.29, 0.717) is 18.3 Å². The van der Waals surface area contributed by atoms with Gasteiger partial charge >= 0.3 is 0 Å². The molecule has 1 N–H and O–H groups in total. The summed E-state index contributed by atoms with van der Waals surface area (Å²) < 4.78 is 6.38. The van der Waals surface area contributed by atoms with Gasteiger partial charge in [0.15, 0.2) is 0 Å². The molecule has 3 rings (SSSR count). The Labute approximate surface area is 146 Å². The minimum atomic E-state index is 0.119. The summed E-state index contributed by atoms with van der Waals surface area (Å²) in [6.45, 7) is 2.61. The van der Waals surface area contributed by atoms with Crippen molar-refractivity contribution < 1.29 is 9.63 Å². The molecule has 0 bridgehead atoms. The molecule has 23 heavy (non-hydrogen) atoms. The quantitative estimate of drug-likeness (QED) is 0.692. The number of nitrogens with zero attached hydrogens (tertiary/aromatic N) is 3. The maximum Gasteiger partial charge on any atom is 0.241 e. The van der Waals surface area contributed by atoms with Crippen molar-refractivity contribution in [3.05, 3.63) is 51.6 Å². The molecule has 0 saturated carbocycles. The van der Waals surface area contributed by atoms with E-state index < -0.39 is 0 Å². The molecule has 2 heterocycles. The number of phenolic OH excluding ortho intramolecular Hbond substituents is 1. The van der Waals surface area contributed by atoms with Crippen molar-refractivity contribution in [1.29, 1.82) is 0 Å². The van der Waals surface area contributed by atoms with Gasteiger partial charge in [-0.25, -0.2) is 0 Å². The topological polar surface area (TPSA) is 62.4 Å². The van der Waals surface area contributed by atoms with Crippen LogP contribution in [-0.4, -0.2) is 27.2 Å². The highest BCUT2D eigenvalue weighted by Gasteiger charge is 2.17. The van der Waals surface area contributed by atoms with E-state index in [0.717, 1.165) is 14.2 Å². The van der Waals surface area contributed by atoms with Crippen LogP contribution in [0.4, 0.5) is 0 Å². The average molecular weight is 394 g/mol. The Hall–Kier alpha value is -1.70. The normalized spacial score (nSPS) is 12.7. The summed E-state index contributed by atoms with van der Waals surface area (Å²) in [4.78, 5) is 7.51. The summed E-state index contributed by atoms with van der Waals surface area (Å²) in [6.07, 6.45) is 0. The summed E-state index contributed by atoms with van der Waals surface area (Å²) >= 11 is 5.00. The highest BCUT2D eigenvalue weighted by Crippen LogP contribution is 2.30. The van der Waals surface area contributed by atoms with Crippen LogP contribution in [0.3, 0.4) is 0 Å². The molecule has 2 aromatic heterocycles. The van der Waals surface area contributed by atoms with Gasteiger partial charge in [-0.3, -0.25) is 4.90 Å². The summed E-state index contributed by atoms with van der Waals surface area (Å²) in [5.41, 5.74) is 1.04. The third-order valence-corrected chi connectivity index (χ3v) is 5.28. The fourth-order valence-electron chi connectivity index (χ4n) is 2.24. The first-order valence-corrected chi connectivity index (χ1v) is 8.71. The first kappa shape index (κ1) is 16.2. The first-order valence-electron chi connectivity index (χ1n) is 7.10. The van der Waals surface area contributed by atoms with Crippen LogP contribution in [0.15, 0.2) is 44.7 Å². The number of halogens is 1. The van der Waals surface area contributed by atoms with Crippen LogP contribution in [0.25, 0.3) is 10.7 Å². The van der Waals surface area contributed by atoms with E-state index >= 15 is 0 Å². The fourth-order valence-corrected chi connectivity index (χ4v) is 3.55. The van der Waals surface area contributed by atoms with Crippen LogP contribution in [0.2, 0.25) is 0 Å². The monoisotopic (exact) mass is 393 g/mol. The van der Waals surface area contributed by atoms with E-state index in [2.05, 4.69) is 37.9 Å². The van der Waals surface area contributed by atoms with Crippen LogP contribution in [-0.2, 0) is 6.54 Å². The average Bonchev–Trinajstić information content (AvgIpc) is 3.15. The number of rotatable bonds is 5. The van der Waals surface area contributed by atoms with E-state index in [4.69, 9.17) is 4.52 Å². The van der Waals surface area contributed by atoms with Gasteiger partial charge in [0.1, 0.15) is 5.75 Å². The smallest absolute Gasteiger partial charge is 0.241 e. The van der Waals surface area contributed by atoms with Crippen molar-refractivity contribution in [3.63, 3.8) is 0 Å². The SMILES string of the molecule is C[C@H](c1cccc(O)c1)N(C)Cc1nc(-c2ccc(Br)s2)no1. The van der Waals surface area contributed by atoms with E-state index in [9.17, 15) is 5.11 Å². The zero-order chi connectivity index (χ0) is 16.4. The molecule has 0 saturated heterocycles. The Morgan fingerprint density at radius 1 is 1.35 bits per heavy atom. The Morgan fingerprint density at radius 3 is 2.87 bits per heavy atom. The maximum atomic E-state index is 9.60. The molecule has 1 aromatic carbocycles. The zero-order valence-corrected chi connectivity index (χ0v) is 15.1. The van der Waals surface area contributed by atoms with Crippen LogP contribution < -0.4 is 0 Å². The molecule has 0 fully saturated rings. The summed E-state index contributed by atoms with van der Waals surface area (Å²) in [5.74, 6) is 1.44. The molecule has 0 radical (unpaired) electrons. The molecular formula is C16H16BrN3O2S. The molecule has 7 heteroatoms. The molecule has 0 amide bonds. The lowest BCUT2D eigenvalue weighted by atomic mass is 10.1. The lowest BCUT2D eigenvalue weighted by Gasteiger charge is -2.23. The van der Waals surface area contributed by atoms with Crippen LogP contribution in [0, 0.1) is 0 Å². The number of thiophene rings is 1. The van der Waals surface area contributed by atoms with Gasteiger partial charge in [0.25, 0.3) is 0 Å². The van der Waals surface area contributed by atoms with Gasteiger partial charge in [0.05, 0.1) is 15.2 Å². The van der Waals surface area contributed by atoms with Gasteiger partial charge in [-0.15, -0.1) is 11.3 Å². The van der Waals surface area contributed by atoms with Gasteiger partial charge in [0.2, 0.25) is 11.7 Å². The van der Waals surface area contributed by atoms with Crippen molar-refractivity contribution in [2.75, 3.05) is 7.05 Å². The number of phenols is 1. The second-order valence-electron chi connectivity index (χ2n) is 5.30. The lowest BCUT2D eigenvalue weighted by molar-refractivity contribution is 0.216. The lowest BCUT2D eigenvalue weighted by Crippen LogP contribution is -2.22. The minimum absolute atomic E-state index is 0.119. The largest absolute Gasteiger partial charge is 0.508 e. The maximum absolute atomic E-state index is 9.60. The predicted octanol–water partition coefficient (Wildman–Crippen LogP) is 4.46. The molecule has 0 aliphatic rings. The Bertz CT molecular complexity index is 802. The number of benzene rings is 1. The summed E-state index contributed by atoms with van der Waals surface area (Å²) in [6, 6.07) is 11.3.